The Morgan fingerprint density at radius 2 is 2.13 bits per heavy atom. The van der Waals surface area contributed by atoms with Gasteiger partial charge in [-0.1, -0.05) is 0 Å². The minimum Gasteiger partial charge on any atom is -0.366 e. The van der Waals surface area contributed by atoms with E-state index in [0.717, 1.165) is 19.4 Å². The molecule has 4 heteroatoms. The maximum atomic E-state index is 5.94. The normalized spacial score (nSPS) is 11.8. The van der Waals surface area contributed by atoms with E-state index in [1.165, 1.54) is 8.79 Å². The summed E-state index contributed by atoms with van der Waals surface area (Å²) in [7, 11) is 2.13. The Morgan fingerprint density at radius 3 is 2.60 bits per heavy atom. The zero-order valence-electron chi connectivity index (χ0n) is 9.59. The molecule has 15 heavy (non-hydrogen) atoms. The molecule has 0 radical (unpaired) electrons. The molecule has 0 aliphatic rings. The second-order valence-corrected chi connectivity index (χ2v) is 7.03. The van der Waals surface area contributed by atoms with Crippen molar-refractivity contribution in [3.63, 3.8) is 0 Å². The summed E-state index contributed by atoms with van der Waals surface area (Å²) in [5.41, 5.74) is 5.90. The van der Waals surface area contributed by atoms with E-state index in [9.17, 15) is 0 Å². The van der Waals surface area contributed by atoms with Crippen LogP contribution in [0.4, 0.5) is 5.00 Å². The summed E-state index contributed by atoms with van der Waals surface area (Å²) in [4.78, 5) is 2.28. The fourth-order valence-corrected chi connectivity index (χ4v) is 2.74. The van der Waals surface area contributed by atoms with Crippen molar-refractivity contribution in [3.05, 3.63) is 15.9 Å². The van der Waals surface area contributed by atoms with Crippen molar-refractivity contribution in [2.75, 3.05) is 18.5 Å². The van der Waals surface area contributed by atoms with Crippen LogP contribution in [0.2, 0.25) is 0 Å². The van der Waals surface area contributed by atoms with Gasteiger partial charge in [0.2, 0.25) is 0 Å². The van der Waals surface area contributed by atoms with E-state index in [4.69, 9.17) is 5.73 Å². The third-order valence-corrected chi connectivity index (χ3v) is 3.99. The lowest BCUT2D eigenvalue weighted by atomic mass is 10.0. The molecule has 1 rings (SSSR count). The monoisotopic (exact) mass is 290 g/mol. The average molecular weight is 291 g/mol. The van der Waals surface area contributed by atoms with E-state index >= 15 is 0 Å². The Hall–Kier alpha value is -0.0600. The number of thiophene rings is 1. The standard InChI is InChI=1S/C11H19BrN2S/c1-11(2,13)7-4-8-14(3)10-6-5-9(12)15-10/h5-6H,4,7-8,13H2,1-3H3. The van der Waals surface area contributed by atoms with Crippen molar-refractivity contribution in [1.29, 1.82) is 0 Å². The summed E-state index contributed by atoms with van der Waals surface area (Å²) in [5.74, 6) is 0. The molecular formula is C11H19BrN2S. The molecule has 0 atom stereocenters. The van der Waals surface area contributed by atoms with E-state index < -0.39 is 0 Å². The highest BCUT2D eigenvalue weighted by atomic mass is 79.9. The Morgan fingerprint density at radius 1 is 1.47 bits per heavy atom. The summed E-state index contributed by atoms with van der Waals surface area (Å²) in [5, 5.41) is 1.30. The average Bonchev–Trinajstić information content (AvgIpc) is 2.49. The predicted octanol–water partition coefficient (Wildman–Crippen LogP) is 3.46. The number of nitrogens with zero attached hydrogens (tertiary/aromatic N) is 1. The summed E-state index contributed by atoms with van der Waals surface area (Å²) in [6.07, 6.45) is 2.19. The fraction of sp³-hybridized carbons (Fsp3) is 0.636. The molecule has 0 saturated carbocycles. The second-order valence-electron chi connectivity index (χ2n) is 4.59. The minimum atomic E-state index is -0.0448. The van der Waals surface area contributed by atoms with Crippen molar-refractivity contribution < 1.29 is 0 Å². The van der Waals surface area contributed by atoms with Crippen molar-refractivity contribution >= 4 is 32.3 Å². The molecule has 0 aromatic carbocycles. The molecule has 0 aliphatic heterocycles. The largest absolute Gasteiger partial charge is 0.366 e. The Labute approximate surface area is 105 Å². The molecule has 0 bridgehead atoms. The van der Waals surface area contributed by atoms with Gasteiger partial charge in [-0.05, 0) is 54.8 Å². The number of rotatable bonds is 5. The zero-order valence-corrected chi connectivity index (χ0v) is 12.0. The Bertz CT molecular complexity index is 304. The first kappa shape index (κ1) is 13.0. The molecule has 2 nitrogen and oxygen atoms in total. The molecule has 0 aliphatic carbocycles. The first-order chi connectivity index (χ1) is 6.88. The van der Waals surface area contributed by atoms with Crippen LogP contribution >= 0.6 is 27.3 Å². The first-order valence-corrected chi connectivity index (χ1v) is 6.75. The van der Waals surface area contributed by atoms with Gasteiger partial charge in [0.25, 0.3) is 0 Å². The highest BCUT2D eigenvalue weighted by Crippen LogP contribution is 2.29. The molecule has 1 aromatic heterocycles. The van der Waals surface area contributed by atoms with Gasteiger partial charge in [-0.3, -0.25) is 0 Å². The van der Waals surface area contributed by atoms with Crippen molar-refractivity contribution in [3.8, 4) is 0 Å². The van der Waals surface area contributed by atoms with Crippen LogP contribution in [0.5, 0.6) is 0 Å². The number of hydrogen-bond acceptors (Lipinski definition) is 3. The van der Waals surface area contributed by atoms with Crippen LogP contribution in [0.1, 0.15) is 26.7 Å². The van der Waals surface area contributed by atoms with Crippen LogP contribution in [-0.4, -0.2) is 19.1 Å². The third kappa shape index (κ3) is 5.00. The van der Waals surface area contributed by atoms with E-state index in [2.05, 4.69) is 53.9 Å². The van der Waals surface area contributed by atoms with Gasteiger partial charge < -0.3 is 10.6 Å². The smallest absolute Gasteiger partial charge is 0.0917 e. The maximum Gasteiger partial charge on any atom is 0.0917 e. The summed E-state index contributed by atoms with van der Waals surface area (Å²) in [6, 6.07) is 4.23. The molecule has 0 amide bonds. The number of hydrogen-bond donors (Lipinski definition) is 1. The van der Waals surface area contributed by atoms with Crippen LogP contribution < -0.4 is 10.6 Å². The quantitative estimate of drug-likeness (QED) is 0.900. The number of anilines is 1. The van der Waals surface area contributed by atoms with Crippen molar-refractivity contribution in [1.82, 2.24) is 0 Å². The minimum absolute atomic E-state index is 0.0448. The highest BCUT2D eigenvalue weighted by Gasteiger charge is 2.11. The van der Waals surface area contributed by atoms with E-state index in [1.807, 2.05) is 0 Å². The van der Waals surface area contributed by atoms with Gasteiger partial charge in [0.1, 0.15) is 0 Å². The van der Waals surface area contributed by atoms with Gasteiger partial charge in [0.15, 0.2) is 0 Å². The number of halogens is 1. The second kappa shape index (κ2) is 5.32. The predicted molar refractivity (Wildman–Crippen MR) is 72.8 cm³/mol. The van der Waals surface area contributed by atoms with Gasteiger partial charge in [-0.15, -0.1) is 11.3 Å². The molecule has 0 saturated heterocycles. The molecule has 2 N–H and O–H groups in total. The van der Waals surface area contributed by atoms with Crippen LogP contribution in [-0.2, 0) is 0 Å². The molecule has 0 spiro atoms. The lowest BCUT2D eigenvalue weighted by Crippen LogP contribution is -2.33. The highest BCUT2D eigenvalue weighted by molar-refractivity contribution is 9.11. The van der Waals surface area contributed by atoms with E-state index in [-0.39, 0.29) is 5.54 Å². The Kier molecular flexibility index (Phi) is 4.62. The van der Waals surface area contributed by atoms with Gasteiger partial charge in [0.05, 0.1) is 8.79 Å². The van der Waals surface area contributed by atoms with Gasteiger partial charge >= 0.3 is 0 Å². The van der Waals surface area contributed by atoms with Gasteiger partial charge in [-0.25, -0.2) is 0 Å². The topological polar surface area (TPSA) is 29.3 Å². The SMILES string of the molecule is CN(CCCC(C)(C)N)c1ccc(Br)s1. The summed E-state index contributed by atoms with van der Waals surface area (Å²) < 4.78 is 1.18. The lowest BCUT2D eigenvalue weighted by molar-refractivity contribution is 0.460. The van der Waals surface area contributed by atoms with Gasteiger partial charge in [0, 0.05) is 19.1 Å². The van der Waals surface area contributed by atoms with E-state index in [0.29, 0.717) is 0 Å². The summed E-state index contributed by atoms with van der Waals surface area (Å²) in [6.45, 7) is 5.22. The first-order valence-electron chi connectivity index (χ1n) is 5.14. The zero-order chi connectivity index (χ0) is 11.5. The molecular weight excluding hydrogens is 272 g/mol. The van der Waals surface area contributed by atoms with Crippen LogP contribution in [0, 0.1) is 0 Å². The fourth-order valence-electron chi connectivity index (χ4n) is 1.39. The third-order valence-electron chi connectivity index (χ3n) is 2.25. The van der Waals surface area contributed by atoms with Crippen LogP contribution in [0.25, 0.3) is 0 Å². The molecule has 86 valence electrons. The van der Waals surface area contributed by atoms with Gasteiger partial charge in [-0.2, -0.15) is 0 Å². The summed E-state index contributed by atoms with van der Waals surface area (Å²) >= 11 is 5.24. The van der Waals surface area contributed by atoms with Crippen molar-refractivity contribution in [2.45, 2.75) is 32.2 Å². The molecule has 0 fully saturated rings. The number of nitrogens with two attached hydrogens (primary N) is 1. The van der Waals surface area contributed by atoms with Crippen LogP contribution in [0.3, 0.4) is 0 Å². The molecule has 0 unspecified atom stereocenters. The molecule has 1 heterocycles. The van der Waals surface area contributed by atoms with Crippen molar-refractivity contribution in [2.24, 2.45) is 5.73 Å². The van der Waals surface area contributed by atoms with Crippen LogP contribution in [0.15, 0.2) is 15.9 Å². The molecule has 1 aromatic rings. The lowest BCUT2D eigenvalue weighted by Gasteiger charge is -2.21. The van der Waals surface area contributed by atoms with E-state index in [1.54, 1.807) is 11.3 Å². The maximum absolute atomic E-state index is 5.94. The Balaban J connectivity index is 2.34.